The zero-order chi connectivity index (χ0) is 33.1. The molecular weight excluding hydrogens is 600 g/mol. The number of hydrogen-bond acceptors (Lipinski definition) is 5. The minimum atomic E-state index is -1.26. The van der Waals surface area contributed by atoms with E-state index < -0.39 is 36.6 Å². The first-order valence-corrected chi connectivity index (χ1v) is 18.3. The number of carbonyl (C=O) groups is 2. The number of alkyl halides is 2. The Kier molecular flexibility index (Phi) is 9.19. The molecule has 1 saturated carbocycles. The Morgan fingerprint density at radius 2 is 1.87 bits per heavy atom. The fourth-order valence-electron chi connectivity index (χ4n) is 10.5. The fourth-order valence-corrected chi connectivity index (χ4v) is 10.5. The highest BCUT2D eigenvalue weighted by Crippen LogP contribution is 2.47. The Labute approximate surface area is 278 Å². The van der Waals surface area contributed by atoms with E-state index in [1.54, 1.807) is 0 Å². The molecule has 0 aromatic carbocycles. The van der Waals surface area contributed by atoms with Crippen LogP contribution in [0.5, 0.6) is 0 Å². The molecule has 0 radical (unpaired) electrons. The van der Waals surface area contributed by atoms with Crippen LogP contribution in [-0.4, -0.2) is 106 Å². The summed E-state index contributed by atoms with van der Waals surface area (Å²) in [5.41, 5.74) is 1.11. The topological polar surface area (TPSA) is 84.9 Å². The lowest BCUT2D eigenvalue weighted by Crippen LogP contribution is -2.80. The van der Waals surface area contributed by atoms with E-state index in [9.17, 15) is 9.59 Å². The highest BCUT2D eigenvalue weighted by molar-refractivity contribution is 5.87. The molecule has 1 aliphatic carbocycles. The number of aryl methyl sites for hydroxylation is 1. The molecular formula is C36H55F2N7O2. The van der Waals surface area contributed by atoms with E-state index in [1.807, 2.05) is 16.7 Å². The van der Waals surface area contributed by atoms with Crippen LogP contribution >= 0.6 is 0 Å². The Morgan fingerprint density at radius 1 is 1.06 bits per heavy atom. The lowest BCUT2D eigenvalue weighted by atomic mass is 9.68. The summed E-state index contributed by atoms with van der Waals surface area (Å²) < 4.78 is 35.3. The van der Waals surface area contributed by atoms with Gasteiger partial charge < -0.3 is 25.0 Å². The molecule has 4 saturated heterocycles. The van der Waals surface area contributed by atoms with E-state index in [4.69, 9.17) is 0 Å². The number of urea groups is 1. The average molecular weight is 656 g/mol. The molecule has 11 unspecified atom stereocenters. The number of amides is 3. The molecule has 1 aromatic rings. The van der Waals surface area contributed by atoms with Crippen LogP contribution in [0.25, 0.3) is 0 Å². The fraction of sp³-hybridized carbons (Fsp3) is 0.778. The number of rotatable bonds is 3. The van der Waals surface area contributed by atoms with Crippen molar-refractivity contribution in [3.8, 4) is 0 Å². The maximum Gasteiger partial charge on any atom is 0.320 e. The summed E-state index contributed by atoms with van der Waals surface area (Å²) in [6.07, 6.45) is 6.63. The van der Waals surface area contributed by atoms with Gasteiger partial charge in [0.15, 0.2) is 0 Å². The second-order valence-electron chi connectivity index (χ2n) is 15.8. The summed E-state index contributed by atoms with van der Waals surface area (Å²) in [5, 5.41) is 10.9. The third-order valence-electron chi connectivity index (χ3n) is 12.8. The molecule has 6 heterocycles. The molecule has 3 amide bonds. The number of piperidine rings is 2. The van der Waals surface area contributed by atoms with Crippen molar-refractivity contribution >= 4 is 11.9 Å². The van der Waals surface area contributed by atoms with E-state index in [2.05, 4.69) is 71.2 Å². The lowest BCUT2D eigenvalue weighted by Gasteiger charge is -2.60. The molecule has 7 rings (SSSR count). The molecule has 47 heavy (non-hydrogen) atoms. The van der Waals surface area contributed by atoms with Crippen molar-refractivity contribution in [2.24, 2.45) is 23.7 Å². The number of halogens is 2. The normalized spacial score (nSPS) is 42.7. The quantitative estimate of drug-likeness (QED) is 0.425. The summed E-state index contributed by atoms with van der Waals surface area (Å²) in [4.78, 5) is 33.5. The van der Waals surface area contributed by atoms with E-state index in [-0.39, 0.29) is 66.2 Å². The lowest BCUT2D eigenvalue weighted by molar-refractivity contribution is -0.136. The summed E-state index contributed by atoms with van der Waals surface area (Å²) in [6, 6.07) is 1.15. The zero-order valence-electron chi connectivity index (χ0n) is 28.5. The van der Waals surface area contributed by atoms with Gasteiger partial charge in [0.2, 0.25) is 5.91 Å². The Balaban J connectivity index is 1.30. The monoisotopic (exact) mass is 655 g/mol. The minimum absolute atomic E-state index is 0.0497. The van der Waals surface area contributed by atoms with Crippen molar-refractivity contribution in [2.75, 3.05) is 19.6 Å². The van der Waals surface area contributed by atoms with Crippen LogP contribution in [0.2, 0.25) is 0 Å². The van der Waals surface area contributed by atoms with E-state index >= 15 is 8.78 Å². The predicted molar refractivity (Wildman–Crippen MR) is 178 cm³/mol. The third-order valence-corrected chi connectivity index (χ3v) is 12.8. The maximum atomic E-state index is 16.9. The molecule has 11 heteroatoms. The Hall–Kier alpha value is -2.50. The number of nitrogens with one attached hydrogen (secondary N) is 3. The van der Waals surface area contributed by atoms with Crippen molar-refractivity contribution < 1.29 is 18.4 Å². The van der Waals surface area contributed by atoms with Gasteiger partial charge in [-0.25, -0.2) is 13.6 Å². The highest BCUT2D eigenvalue weighted by Gasteiger charge is 2.57. The van der Waals surface area contributed by atoms with E-state index in [0.29, 0.717) is 19.5 Å². The molecule has 9 nitrogen and oxygen atoms in total. The summed E-state index contributed by atoms with van der Waals surface area (Å²) >= 11 is 0. The van der Waals surface area contributed by atoms with Crippen LogP contribution in [0.3, 0.4) is 0 Å². The largest absolute Gasteiger partial charge is 0.354 e. The summed E-state index contributed by atoms with van der Waals surface area (Å²) in [6.45, 7) is 15.0. The molecule has 260 valence electrons. The van der Waals surface area contributed by atoms with Crippen molar-refractivity contribution in [1.29, 1.82) is 0 Å². The Morgan fingerprint density at radius 3 is 2.64 bits per heavy atom. The van der Waals surface area contributed by atoms with Gasteiger partial charge in [-0.05, 0) is 94.4 Å². The van der Waals surface area contributed by atoms with Crippen LogP contribution in [0, 0.1) is 23.7 Å². The zero-order valence-corrected chi connectivity index (χ0v) is 28.5. The minimum Gasteiger partial charge on any atom is -0.354 e. The second kappa shape index (κ2) is 13.1. The van der Waals surface area contributed by atoms with Gasteiger partial charge in [0, 0.05) is 68.0 Å². The van der Waals surface area contributed by atoms with Gasteiger partial charge in [-0.15, -0.1) is 0 Å². The highest BCUT2D eigenvalue weighted by atomic mass is 19.1. The van der Waals surface area contributed by atoms with Gasteiger partial charge in [0.1, 0.15) is 12.3 Å². The van der Waals surface area contributed by atoms with Gasteiger partial charge in [-0.2, -0.15) is 0 Å². The van der Waals surface area contributed by atoms with Crippen LogP contribution in [0.15, 0.2) is 31.1 Å². The first-order chi connectivity index (χ1) is 22.6. The molecule has 1 aromatic heterocycles. The number of aromatic nitrogens is 1. The van der Waals surface area contributed by atoms with E-state index in [0.717, 1.165) is 44.3 Å². The number of carbonyl (C=O) groups excluding carboxylic acids is 2. The Bertz CT molecular complexity index is 1320. The summed E-state index contributed by atoms with van der Waals surface area (Å²) in [7, 11) is 0. The predicted octanol–water partition coefficient (Wildman–Crippen LogP) is 4.22. The first-order valence-electron chi connectivity index (χ1n) is 18.3. The van der Waals surface area contributed by atoms with Gasteiger partial charge in [-0.3, -0.25) is 15.0 Å². The summed E-state index contributed by atoms with van der Waals surface area (Å²) in [5.74, 6) is -0.394. The molecule has 5 aliphatic heterocycles. The van der Waals surface area contributed by atoms with Gasteiger partial charge >= 0.3 is 6.03 Å². The van der Waals surface area contributed by atoms with Crippen LogP contribution in [-0.2, 0) is 11.3 Å². The molecule has 3 N–H and O–H groups in total. The van der Waals surface area contributed by atoms with Crippen LogP contribution < -0.4 is 16.0 Å². The number of fused-ring (bicyclic) bond motifs is 8. The van der Waals surface area contributed by atoms with Crippen molar-refractivity contribution in [3.63, 3.8) is 0 Å². The van der Waals surface area contributed by atoms with Crippen molar-refractivity contribution in [3.05, 3.63) is 36.7 Å². The smallest absolute Gasteiger partial charge is 0.320 e. The van der Waals surface area contributed by atoms with Crippen molar-refractivity contribution in [1.82, 2.24) is 35.2 Å². The van der Waals surface area contributed by atoms with Crippen molar-refractivity contribution in [2.45, 2.75) is 134 Å². The van der Waals surface area contributed by atoms with Gasteiger partial charge in [0.05, 0.1) is 18.4 Å². The van der Waals surface area contributed by atoms with E-state index in [1.165, 1.54) is 6.08 Å². The molecule has 6 aliphatic rings. The third kappa shape index (κ3) is 5.82. The van der Waals surface area contributed by atoms with Crippen LogP contribution in [0.4, 0.5) is 13.6 Å². The molecule has 13 atom stereocenters. The SMILES string of the molecule is C=CC(=O)N1C[C@H](C)N(C2NC(=O)N3C4NC(C(F)CC42)C2C(F)CCCC2c2ccn(c2)CCC2CCNC(C(C)C)C23)C[C@H]1C. The van der Waals surface area contributed by atoms with Crippen LogP contribution in [0.1, 0.15) is 77.7 Å². The standard InChI is InChI=1S/C36H55F2N7O2/c1-6-29(46)43-17-22(5)44(18-21(43)4)34-26-16-28(38)32-30-25(8-7-9-27(30)37)24-12-15-42(19-24)14-11-23-10-13-39-31(20(2)3)33(23)45(35(26)40-32)36(47)41-34/h6,12,15,19-23,25-28,30-35,39-40H,1,7-11,13-14,16-18H2,2-5H3,(H,41,47)/t21-,22+,23?,25?,26?,27?,28?,30?,31?,32?,33?,34?,35?/m1/s1. The average Bonchev–Trinajstić information content (AvgIpc) is 3.53. The molecule has 4 bridgehead atoms. The molecule has 0 spiro atoms. The van der Waals surface area contributed by atoms with Gasteiger partial charge in [-0.1, -0.05) is 20.4 Å². The number of piperazine rings is 1. The number of hydrogen-bond donors (Lipinski definition) is 3. The van der Waals surface area contributed by atoms with Gasteiger partial charge in [0.25, 0.3) is 0 Å². The number of nitrogens with zero attached hydrogens (tertiary/aromatic N) is 4. The second-order valence-corrected chi connectivity index (χ2v) is 15.8. The maximum absolute atomic E-state index is 16.9. The first kappa shape index (κ1) is 33.0. The molecule has 5 fully saturated rings.